The molecule has 0 spiro atoms. The van der Waals surface area contributed by atoms with Gasteiger partial charge in [0, 0.05) is 11.1 Å². The van der Waals surface area contributed by atoms with Crippen molar-refractivity contribution in [1.82, 2.24) is 4.98 Å². The Morgan fingerprint density at radius 3 is 2.68 bits per heavy atom. The minimum Gasteiger partial charge on any atom is -0.496 e. The van der Waals surface area contributed by atoms with E-state index in [0.29, 0.717) is 6.54 Å². The summed E-state index contributed by atoms with van der Waals surface area (Å²) >= 11 is 0. The third-order valence-corrected chi connectivity index (χ3v) is 3.48. The maximum atomic E-state index is 5.80. The van der Waals surface area contributed by atoms with Gasteiger partial charge in [0.15, 0.2) is 0 Å². The van der Waals surface area contributed by atoms with Crippen molar-refractivity contribution in [3.8, 4) is 5.75 Å². The molecule has 0 radical (unpaired) electrons. The van der Waals surface area contributed by atoms with Gasteiger partial charge >= 0.3 is 0 Å². The molecule has 0 aliphatic carbocycles. The van der Waals surface area contributed by atoms with Crippen LogP contribution >= 0.6 is 0 Å². The maximum Gasteiger partial charge on any atom is 0.128 e. The lowest BCUT2D eigenvalue weighted by Crippen LogP contribution is -2.26. The van der Waals surface area contributed by atoms with Crippen LogP contribution < -0.4 is 10.5 Å². The normalized spacial score (nSPS) is 11.8. The molecule has 0 saturated heterocycles. The van der Waals surface area contributed by atoms with Crippen LogP contribution in [0.1, 0.15) is 25.1 Å². The van der Waals surface area contributed by atoms with Crippen LogP contribution in [0.2, 0.25) is 0 Å². The zero-order chi connectivity index (χ0) is 14.0. The summed E-state index contributed by atoms with van der Waals surface area (Å²) in [4.78, 5) is 4.74. The average molecular weight is 258 g/mol. The monoisotopic (exact) mass is 258 g/mol. The molecule has 0 unspecified atom stereocenters. The first-order chi connectivity index (χ1) is 8.96. The van der Waals surface area contributed by atoms with Gasteiger partial charge in [0.05, 0.1) is 12.6 Å². The van der Waals surface area contributed by atoms with E-state index in [1.807, 2.05) is 18.2 Å². The number of pyridine rings is 1. The molecule has 0 saturated carbocycles. The molecule has 1 heterocycles. The van der Waals surface area contributed by atoms with Crippen LogP contribution in [-0.2, 0) is 6.42 Å². The fraction of sp³-hybridized carbons (Fsp3) is 0.438. The number of aryl methyl sites for hydroxylation is 1. The minimum atomic E-state index is 0.0754. The number of nitrogens with two attached hydrogens (primary N) is 1. The van der Waals surface area contributed by atoms with E-state index in [1.54, 1.807) is 7.11 Å². The number of fused-ring (bicyclic) bond motifs is 1. The van der Waals surface area contributed by atoms with Gasteiger partial charge in [0.1, 0.15) is 5.75 Å². The third kappa shape index (κ3) is 2.87. The number of methoxy groups -OCH3 is 1. The first-order valence-electron chi connectivity index (χ1n) is 6.60. The Morgan fingerprint density at radius 1 is 1.32 bits per heavy atom. The van der Waals surface area contributed by atoms with Crippen LogP contribution in [0.4, 0.5) is 0 Å². The molecular formula is C16H22N2O. The fourth-order valence-corrected chi connectivity index (χ4v) is 2.34. The number of ether oxygens (including phenoxy) is 1. The van der Waals surface area contributed by atoms with Gasteiger partial charge in [-0.3, -0.25) is 4.98 Å². The van der Waals surface area contributed by atoms with Gasteiger partial charge in [0.25, 0.3) is 0 Å². The number of hydrogen-bond donors (Lipinski definition) is 1. The maximum absolute atomic E-state index is 5.80. The second kappa shape index (κ2) is 5.17. The molecule has 3 heteroatoms. The number of aromatic nitrogens is 1. The fourth-order valence-electron chi connectivity index (χ4n) is 2.34. The lowest BCUT2D eigenvalue weighted by atomic mass is 9.87. The highest BCUT2D eigenvalue weighted by atomic mass is 16.5. The van der Waals surface area contributed by atoms with E-state index in [4.69, 9.17) is 15.5 Å². The van der Waals surface area contributed by atoms with Gasteiger partial charge in [-0.15, -0.1) is 0 Å². The van der Waals surface area contributed by atoms with Crippen molar-refractivity contribution in [2.24, 2.45) is 11.1 Å². The van der Waals surface area contributed by atoms with Gasteiger partial charge in [-0.1, -0.05) is 19.9 Å². The molecule has 1 aromatic heterocycles. The first-order valence-corrected chi connectivity index (χ1v) is 6.60. The third-order valence-electron chi connectivity index (χ3n) is 3.48. The van der Waals surface area contributed by atoms with Crippen molar-refractivity contribution in [2.75, 3.05) is 13.7 Å². The molecule has 0 fully saturated rings. The van der Waals surface area contributed by atoms with Crippen LogP contribution in [-0.4, -0.2) is 18.6 Å². The Bertz CT molecular complexity index is 591. The van der Waals surface area contributed by atoms with Gasteiger partial charge in [-0.05, 0) is 49.1 Å². The number of rotatable bonds is 4. The Kier molecular flexibility index (Phi) is 3.76. The van der Waals surface area contributed by atoms with Crippen molar-refractivity contribution in [3.05, 3.63) is 35.5 Å². The summed E-state index contributed by atoms with van der Waals surface area (Å²) in [6, 6.07) is 8.12. The Hall–Kier alpha value is -1.61. The highest BCUT2D eigenvalue weighted by Crippen LogP contribution is 2.29. The predicted molar refractivity (Wildman–Crippen MR) is 79.6 cm³/mol. The standard InChI is InChI=1S/C16H22N2O/c1-11-8-12(9-16(2,3)10-17)18-13-6-5-7-14(19-4)15(11)13/h5-8H,9-10,17H2,1-4H3. The van der Waals surface area contributed by atoms with Gasteiger partial charge in [0.2, 0.25) is 0 Å². The van der Waals surface area contributed by atoms with E-state index in [-0.39, 0.29) is 5.41 Å². The molecule has 2 N–H and O–H groups in total. The summed E-state index contributed by atoms with van der Waals surface area (Å²) in [6.07, 6.45) is 0.886. The molecule has 0 atom stereocenters. The topological polar surface area (TPSA) is 48.1 Å². The summed E-state index contributed by atoms with van der Waals surface area (Å²) in [5.74, 6) is 0.882. The van der Waals surface area contributed by atoms with Crippen molar-refractivity contribution < 1.29 is 4.74 Å². The molecule has 2 aromatic rings. The highest BCUT2D eigenvalue weighted by molar-refractivity contribution is 5.88. The Balaban J connectivity index is 2.51. The second-order valence-corrected chi connectivity index (χ2v) is 5.83. The zero-order valence-electron chi connectivity index (χ0n) is 12.2. The average Bonchev–Trinajstić information content (AvgIpc) is 2.37. The number of benzene rings is 1. The van der Waals surface area contributed by atoms with Crippen LogP contribution in [0.3, 0.4) is 0 Å². The molecule has 0 amide bonds. The van der Waals surface area contributed by atoms with Crippen LogP contribution in [0, 0.1) is 12.3 Å². The first kappa shape index (κ1) is 13.8. The van der Waals surface area contributed by atoms with E-state index < -0.39 is 0 Å². The zero-order valence-corrected chi connectivity index (χ0v) is 12.2. The summed E-state index contributed by atoms with van der Waals surface area (Å²) in [5, 5.41) is 1.10. The molecule has 19 heavy (non-hydrogen) atoms. The van der Waals surface area contributed by atoms with Crippen molar-refractivity contribution in [3.63, 3.8) is 0 Å². The van der Waals surface area contributed by atoms with Crippen molar-refractivity contribution in [2.45, 2.75) is 27.2 Å². The lowest BCUT2D eigenvalue weighted by molar-refractivity contribution is 0.373. The highest BCUT2D eigenvalue weighted by Gasteiger charge is 2.18. The van der Waals surface area contributed by atoms with Crippen LogP contribution in [0.15, 0.2) is 24.3 Å². The SMILES string of the molecule is COc1cccc2nc(CC(C)(C)CN)cc(C)c12. The number of hydrogen-bond acceptors (Lipinski definition) is 3. The molecule has 0 bridgehead atoms. The van der Waals surface area contributed by atoms with Gasteiger partial charge in [-0.2, -0.15) is 0 Å². The van der Waals surface area contributed by atoms with Crippen molar-refractivity contribution in [1.29, 1.82) is 0 Å². The summed E-state index contributed by atoms with van der Waals surface area (Å²) in [5.41, 5.74) is 9.16. The molecular weight excluding hydrogens is 236 g/mol. The predicted octanol–water partition coefficient (Wildman–Crippen LogP) is 3.08. The van der Waals surface area contributed by atoms with Gasteiger partial charge in [-0.25, -0.2) is 0 Å². The quantitative estimate of drug-likeness (QED) is 0.916. The van der Waals surface area contributed by atoms with Crippen LogP contribution in [0.5, 0.6) is 5.75 Å². The Labute approximate surface area is 114 Å². The summed E-state index contributed by atoms with van der Waals surface area (Å²) in [6.45, 7) is 7.09. The Morgan fingerprint density at radius 2 is 2.05 bits per heavy atom. The molecule has 3 nitrogen and oxygen atoms in total. The van der Waals surface area contributed by atoms with E-state index in [9.17, 15) is 0 Å². The largest absolute Gasteiger partial charge is 0.496 e. The van der Waals surface area contributed by atoms with E-state index in [1.165, 1.54) is 5.56 Å². The second-order valence-electron chi connectivity index (χ2n) is 5.83. The molecule has 0 aliphatic heterocycles. The summed E-state index contributed by atoms with van der Waals surface area (Å²) in [7, 11) is 1.69. The molecule has 2 rings (SSSR count). The molecule has 0 aliphatic rings. The minimum absolute atomic E-state index is 0.0754. The molecule has 1 aromatic carbocycles. The van der Waals surface area contributed by atoms with E-state index in [0.717, 1.165) is 28.8 Å². The van der Waals surface area contributed by atoms with Crippen LogP contribution in [0.25, 0.3) is 10.9 Å². The van der Waals surface area contributed by atoms with Crippen molar-refractivity contribution >= 4 is 10.9 Å². The van der Waals surface area contributed by atoms with E-state index in [2.05, 4.69) is 26.8 Å². The summed E-state index contributed by atoms with van der Waals surface area (Å²) < 4.78 is 5.41. The smallest absolute Gasteiger partial charge is 0.128 e. The molecule has 102 valence electrons. The lowest BCUT2D eigenvalue weighted by Gasteiger charge is -2.22. The van der Waals surface area contributed by atoms with E-state index >= 15 is 0 Å². The number of nitrogens with zero attached hydrogens (tertiary/aromatic N) is 1. The van der Waals surface area contributed by atoms with Gasteiger partial charge < -0.3 is 10.5 Å².